The molecule has 3 N–H and O–H groups in total. The highest BCUT2D eigenvalue weighted by molar-refractivity contribution is 5.88. The minimum absolute atomic E-state index is 0.0333. The number of hydrogen-bond acceptors (Lipinski definition) is 2. The lowest BCUT2D eigenvalue weighted by molar-refractivity contribution is -0.703. The fourth-order valence-corrected chi connectivity index (χ4v) is 7.97. The van der Waals surface area contributed by atoms with Crippen molar-refractivity contribution >= 4 is 11.8 Å². The molecule has 5 heteroatoms. The van der Waals surface area contributed by atoms with E-state index in [2.05, 4.69) is 52.0 Å². The molecule has 3 saturated carbocycles. The van der Waals surface area contributed by atoms with Gasteiger partial charge in [-0.25, -0.2) is 0 Å². The third kappa shape index (κ3) is 3.96. The highest BCUT2D eigenvalue weighted by Crippen LogP contribution is 2.60. The molecular formula is C26H43N3O2. The first-order chi connectivity index (χ1) is 14.6. The van der Waals surface area contributed by atoms with Crippen molar-refractivity contribution in [2.24, 2.45) is 35.5 Å². The van der Waals surface area contributed by atoms with E-state index in [4.69, 9.17) is 0 Å². The Hall–Kier alpha value is -1.36. The summed E-state index contributed by atoms with van der Waals surface area (Å²) in [5.41, 5.74) is 1.39. The molecule has 0 radical (unpaired) electrons. The smallest absolute Gasteiger partial charge is 0.240 e. The van der Waals surface area contributed by atoms with Crippen LogP contribution in [0.2, 0.25) is 0 Å². The summed E-state index contributed by atoms with van der Waals surface area (Å²) >= 11 is 0. The largest absolute Gasteiger partial charge is 0.473 e. The Balaban J connectivity index is 1.52. The molecule has 0 aromatic heterocycles. The van der Waals surface area contributed by atoms with E-state index < -0.39 is 0 Å². The van der Waals surface area contributed by atoms with Crippen LogP contribution in [0.5, 0.6) is 0 Å². The van der Waals surface area contributed by atoms with Gasteiger partial charge >= 0.3 is 0 Å². The van der Waals surface area contributed by atoms with Crippen LogP contribution in [0.15, 0.2) is 12.2 Å². The molecule has 0 bridgehead atoms. The van der Waals surface area contributed by atoms with Gasteiger partial charge in [-0.3, -0.25) is 9.59 Å². The third-order valence-electron chi connectivity index (χ3n) is 9.50. The first-order valence-electron chi connectivity index (χ1n) is 12.5. The normalized spacial score (nSPS) is 40.2. The second-order valence-corrected chi connectivity index (χ2v) is 11.8. The Morgan fingerprint density at radius 2 is 2.06 bits per heavy atom. The predicted octanol–water partition coefficient (Wildman–Crippen LogP) is 2.88. The minimum atomic E-state index is -0.295. The van der Waals surface area contributed by atoms with Crippen LogP contribution in [0.3, 0.4) is 0 Å². The summed E-state index contributed by atoms with van der Waals surface area (Å²) in [4.78, 5) is 25.9. The van der Waals surface area contributed by atoms with Crippen molar-refractivity contribution in [3.63, 3.8) is 0 Å². The zero-order valence-electron chi connectivity index (χ0n) is 20.1. The molecule has 2 amide bonds. The van der Waals surface area contributed by atoms with Crippen molar-refractivity contribution in [2.75, 3.05) is 13.1 Å². The van der Waals surface area contributed by atoms with Gasteiger partial charge in [0.2, 0.25) is 11.8 Å². The molecule has 4 rings (SSSR count). The first-order valence-corrected chi connectivity index (χ1v) is 12.5. The van der Waals surface area contributed by atoms with Gasteiger partial charge in [0.05, 0.1) is 12.1 Å². The molecule has 7 atom stereocenters. The molecule has 0 aromatic rings. The number of carbonyl (C=O) groups is 2. The number of nitrogens with one attached hydrogen (secondary N) is 1. The minimum Gasteiger partial charge on any atom is -0.473 e. The topological polar surface area (TPSA) is 66.0 Å². The van der Waals surface area contributed by atoms with E-state index in [-0.39, 0.29) is 29.4 Å². The van der Waals surface area contributed by atoms with E-state index in [1.54, 1.807) is 4.90 Å². The molecule has 174 valence electrons. The number of quaternary nitrogens is 1. The van der Waals surface area contributed by atoms with Crippen LogP contribution in [0.1, 0.15) is 72.6 Å². The number of rotatable bonds is 6. The maximum atomic E-state index is 12.6. The Morgan fingerprint density at radius 1 is 1.32 bits per heavy atom. The van der Waals surface area contributed by atoms with E-state index in [0.717, 1.165) is 18.8 Å². The van der Waals surface area contributed by atoms with Gasteiger partial charge in [-0.15, -0.1) is 0 Å². The molecular weight excluding hydrogens is 386 g/mol. The van der Waals surface area contributed by atoms with Crippen molar-refractivity contribution in [3.8, 4) is 0 Å². The van der Waals surface area contributed by atoms with Crippen LogP contribution in [-0.4, -0.2) is 40.9 Å². The van der Waals surface area contributed by atoms with Crippen molar-refractivity contribution in [2.45, 2.75) is 83.7 Å². The molecule has 0 aromatic carbocycles. The summed E-state index contributed by atoms with van der Waals surface area (Å²) in [5, 5.41) is 5.57. The van der Waals surface area contributed by atoms with E-state index in [1.165, 1.54) is 31.3 Å². The quantitative estimate of drug-likeness (QED) is 0.387. The summed E-state index contributed by atoms with van der Waals surface area (Å²) in [6.45, 7) is 14.7. The Bertz CT molecular complexity index is 747. The van der Waals surface area contributed by atoms with Crippen LogP contribution in [0, 0.1) is 42.6 Å². The lowest BCUT2D eigenvalue weighted by Gasteiger charge is -2.62. The zero-order valence-corrected chi connectivity index (χ0v) is 20.1. The Kier molecular flexibility index (Phi) is 6.04. The summed E-state index contributed by atoms with van der Waals surface area (Å²) < 4.78 is 0. The number of allylic oxidation sites excluding steroid dienone is 1. The highest BCUT2D eigenvalue weighted by atomic mass is 16.2. The van der Waals surface area contributed by atoms with E-state index >= 15 is 0 Å². The molecule has 5 nitrogen and oxygen atoms in total. The molecule has 1 saturated heterocycles. The summed E-state index contributed by atoms with van der Waals surface area (Å²) in [7, 11) is 4.35. The van der Waals surface area contributed by atoms with E-state index in [0.29, 0.717) is 42.6 Å². The number of carbonyl (C=O) groups excluding carboxylic acids is 2. The molecule has 4 fully saturated rings. The van der Waals surface area contributed by atoms with Crippen molar-refractivity contribution < 1.29 is 14.9 Å². The van der Waals surface area contributed by atoms with Gasteiger partial charge < -0.3 is 15.5 Å². The van der Waals surface area contributed by atoms with E-state index in [1.807, 2.05) is 0 Å². The fourth-order valence-electron chi connectivity index (χ4n) is 7.97. The lowest BCUT2D eigenvalue weighted by Crippen LogP contribution is -2.97. The average Bonchev–Trinajstić information content (AvgIpc) is 2.70. The number of nitrogens with zero attached hydrogens (tertiary/aromatic N) is 1. The molecule has 31 heavy (non-hydrogen) atoms. The number of β-lactam (4-membered cyclic amide) rings is 1. The molecule has 7 unspecified atom stereocenters. The number of nitrogens with two attached hydrogens (primary N) is 1. The molecule has 0 spiro atoms. The maximum Gasteiger partial charge on any atom is 0.240 e. The summed E-state index contributed by atoms with van der Waals surface area (Å²) in [6.07, 6.45) is 7.73. The molecule has 1 aliphatic heterocycles. The second-order valence-electron chi connectivity index (χ2n) is 11.8. The summed E-state index contributed by atoms with van der Waals surface area (Å²) in [6, 6.07) is 0. The van der Waals surface area contributed by atoms with Crippen LogP contribution >= 0.6 is 0 Å². The van der Waals surface area contributed by atoms with Gasteiger partial charge in [-0.2, -0.15) is 7.05 Å². The fraction of sp³-hybridized carbons (Fsp3) is 0.808. The lowest BCUT2D eigenvalue weighted by atomic mass is 9.44. The standard InChI is InChI=1S/C26H43N3O2/c1-16-9-11-26(27-6)18(3)7-8-20-17(2)13-19(23(16)24(20)26)14-25(4,5)28-21(30)15-29-12-10-22(29)31/h17-20,23-24H,1,6-15,27H2,2-5H3,(H,28,30). The van der Waals surface area contributed by atoms with Crippen molar-refractivity contribution in [3.05, 3.63) is 19.2 Å². The van der Waals surface area contributed by atoms with Crippen LogP contribution in [-0.2, 0) is 9.59 Å². The maximum absolute atomic E-state index is 12.6. The van der Waals surface area contributed by atoms with Crippen molar-refractivity contribution in [1.29, 1.82) is 0 Å². The van der Waals surface area contributed by atoms with Gasteiger partial charge in [0, 0.05) is 36.8 Å². The van der Waals surface area contributed by atoms with Gasteiger partial charge in [0.25, 0.3) is 0 Å². The zero-order chi connectivity index (χ0) is 22.6. The summed E-state index contributed by atoms with van der Waals surface area (Å²) in [5.74, 6) is 3.93. The first kappa shape index (κ1) is 22.8. The molecule has 1 heterocycles. The van der Waals surface area contributed by atoms with Gasteiger partial charge in [0.15, 0.2) is 0 Å². The highest BCUT2D eigenvalue weighted by Gasteiger charge is 2.60. The Labute approximate surface area is 188 Å². The van der Waals surface area contributed by atoms with Crippen LogP contribution in [0.4, 0.5) is 0 Å². The average molecular weight is 430 g/mol. The second kappa shape index (κ2) is 8.20. The number of amides is 2. The predicted molar refractivity (Wildman–Crippen MR) is 123 cm³/mol. The molecule has 3 aliphatic carbocycles. The van der Waals surface area contributed by atoms with Gasteiger partial charge in [-0.1, -0.05) is 26.0 Å². The van der Waals surface area contributed by atoms with Gasteiger partial charge in [0.1, 0.15) is 0 Å². The van der Waals surface area contributed by atoms with Gasteiger partial charge in [-0.05, 0) is 69.6 Å². The van der Waals surface area contributed by atoms with Crippen LogP contribution in [0.25, 0.3) is 0 Å². The SMILES string of the molecule is C=C1CCC2([NH2+][CH2-])C(C)CCC3C(C)CC(CC(C)(C)NC(=O)CN4CCC4=O)C1C32. The van der Waals surface area contributed by atoms with E-state index in [9.17, 15) is 9.59 Å². The number of likely N-dealkylation sites (tertiary alicyclic amines) is 1. The van der Waals surface area contributed by atoms with Crippen LogP contribution < -0.4 is 10.6 Å². The number of hydrogen-bond donors (Lipinski definition) is 2. The monoisotopic (exact) mass is 429 g/mol. The third-order valence-corrected chi connectivity index (χ3v) is 9.50. The molecule has 4 aliphatic rings. The Morgan fingerprint density at radius 3 is 2.68 bits per heavy atom. The van der Waals surface area contributed by atoms with Crippen molar-refractivity contribution in [1.82, 2.24) is 10.2 Å².